The van der Waals surface area contributed by atoms with Gasteiger partial charge in [-0.3, -0.25) is 4.79 Å². The Morgan fingerprint density at radius 3 is 2.57 bits per heavy atom. The van der Waals surface area contributed by atoms with Gasteiger partial charge in [-0.2, -0.15) is 0 Å². The Kier molecular flexibility index (Phi) is 4.28. The molecule has 0 aliphatic heterocycles. The van der Waals surface area contributed by atoms with Gasteiger partial charge in [0.25, 0.3) is 0 Å². The Hall–Kier alpha value is -2.04. The standard InChI is InChI=1S/C18H17F3O2/c19-10-16-15-3-1-12(11-22)9-13(15)2-4-17(16)23-14-5-7-18(20,21)8-6-14/h1-4,9,11,14H,5-8,10H2. The summed E-state index contributed by atoms with van der Waals surface area (Å²) < 4.78 is 45.7. The number of hydrogen-bond acceptors (Lipinski definition) is 2. The molecule has 0 radical (unpaired) electrons. The fraction of sp³-hybridized carbons (Fsp3) is 0.389. The Labute approximate surface area is 132 Å². The van der Waals surface area contributed by atoms with Gasteiger partial charge >= 0.3 is 0 Å². The Morgan fingerprint density at radius 2 is 1.91 bits per heavy atom. The lowest BCUT2D eigenvalue weighted by molar-refractivity contribution is -0.0583. The highest BCUT2D eigenvalue weighted by Crippen LogP contribution is 2.36. The quantitative estimate of drug-likeness (QED) is 0.734. The van der Waals surface area contributed by atoms with Gasteiger partial charge in [0.1, 0.15) is 18.7 Å². The molecule has 0 N–H and O–H groups in total. The van der Waals surface area contributed by atoms with E-state index in [2.05, 4.69) is 0 Å². The van der Waals surface area contributed by atoms with Crippen molar-refractivity contribution in [3.8, 4) is 5.75 Å². The molecule has 3 rings (SSSR count). The molecule has 1 saturated carbocycles. The van der Waals surface area contributed by atoms with Crippen LogP contribution in [0.2, 0.25) is 0 Å². The first-order valence-corrected chi connectivity index (χ1v) is 7.64. The van der Waals surface area contributed by atoms with Crippen molar-refractivity contribution >= 4 is 17.1 Å². The molecule has 0 saturated heterocycles. The van der Waals surface area contributed by atoms with Crippen LogP contribution >= 0.6 is 0 Å². The van der Waals surface area contributed by atoms with Gasteiger partial charge < -0.3 is 4.74 Å². The van der Waals surface area contributed by atoms with Crippen molar-refractivity contribution in [2.24, 2.45) is 0 Å². The van der Waals surface area contributed by atoms with E-state index in [1.807, 2.05) is 0 Å². The first kappa shape index (κ1) is 15.8. The number of fused-ring (bicyclic) bond motifs is 1. The largest absolute Gasteiger partial charge is 0.490 e. The first-order valence-electron chi connectivity index (χ1n) is 7.64. The maximum atomic E-state index is 13.5. The van der Waals surface area contributed by atoms with E-state index >= 15 is 0 Å². The van der Waals surface area contributed by atoms with Crippen molar-refractivity contribution in [1.82, 2.24) is 0 Å². The Morgan fingerprint density at radius 1 is 1.17 bits per heavy atom. The van der Waals surface area contributed by atoms with Gasteiger partial charge in [0.05, 0.1) is 6.10 Å². The van der Waals surface area contributed by atoms with Gasteiger partial charge in [0, 0.05) is 24.0 Å². The second-order valence-corrected chi connectivity index (χ2v) is 5.95. The summed E-state index contributed by atoms with van der Waals surface area (Å²) in [7, 11) is 0. The summed E-state index contributed by atoms with van der Waals surface area (Å²) in [5.74, 6) is -2.22. The van der Waals surface area contributed by atoms with Crippen molar-refractivity contribution in [3.63, 3.8) is 0 Å². The first-order chi connectivity index (χ1) is 11.0. The zero-order valence-electron chi connectivity index (χ0n) is 12.5. The molecular formula is C18H17F3O2. The van der Waals surface area contributed by atoms with Crippen LogP contribution in [0.5, 0.6) is 5.75 Å². The predicted molar refractivity (Wildman–Crippen MR) is 82.0 cm³/mol. The zero-order chi connectivity index (χ0) is 16.4. The fourth-order valence-electron chi connectivity index (χ4n) is 3.03. The van der Waals surface area contributed by atoms with E-state index < -0.39 is 12.6 Å². The maximum Gasteiger partial charge on any atom is 0.248 e. The van der Waals surface area contributed by atoms with Crippen molar-refractivity contribution in [1.29, 1.82) is 0 Å². The number of ether oxygens (including phenoxy) is 1. The number of halogens is 3. The SMILES string of the molecule is O=Cc1ccc2c(CF)c(OC3CCC(F)(F)CC3)ccc2c1. The number of hydrogen-bond donors (Lipinski definition) is 0. The van der Waals surface area contributed by atoms with Crippen LogP contribution < -0.4 is 4.74 Å². The average molecular weight is 322 g/mol. The molecule has 122 valence electrons. The molecule has 23 heavy (non-hydrogen) atoms. The molecule has 1 aliphatic rings. The molecule has 0 atom stereocenters. The summed E-state index contributed by atoms with van der Waals surface area (Å²) in [5, 5.41) is 1.43. The van der Waals surface area contributed by atoms with E-state index in [1.54, 1.807) is 30.3 Å². The molecule has 0 aromatic heterocycles. The van der Waals surface area contributed by atoms with Crippen molar-refractivity contribution in [2.45, 2.75) is 44.4 Å². The Bertz CT molecular complexity index is 718. The van der Waals surface area contributed by atoms with Crippen molar-refractivity contribution in [2.75, 3.05) is 0 Å². The maximum absolute atomic E-state index is 13.5. The molecule has 2 nitrogen and oxygen atoms in total. The van der Waals surface area contributed by atoms with Crippen LogP contribution in [0.15, 0.2) is 30.3 Å². The van der Waals surface area contributed by atoms with Crippen LogP contribution in [0.4, 0.5) is 13.2 Å². The van der Waals surface area contributed by atoms with E-state index in [9.17, 15) is 18.0 Å². The number of rotatable bonds is 4. The van der Waals surface area contributed by atoms with Gasteiger partial charge in [0.2, 0.25) is 5.92 Å². The molecular weight excluding hydrogens is 305 g/mol. The minimum atomic E-state index is -2.61. The molecule has 1 aliphatic carbocycles. The average Bonchev–Trinajstić information content (AvgIpc) is 2.56. The lowest BCUT2D eigenvalue weighted by atomic mass is 9.94. The third-order valence-corrected chi connectivity index (χ3v) is 4.34. The van der Waals surface area contributed by atoms with Gasteiger partial charge in [-0.25, -0.2) is 13.2 Å². The molecule has 2 aromatic carbocycles. The minimum absolute atomic E-state index is 0.196. The Balaban J connectivity index is 1.87. The van der Waals surface area contributed by atoms with Crippen LogP contribution in [0.3, 0.4) is 0 Å². The smallest absolute Gasteiger partial charge is 0.248 e. The van der Waals surface area contributed by atoms with Crippen LogP contribution in [-0.2, 0) is 6.67 Å². The second-order valence-electron chi connectivity index (χ2n) is 5.95. The molecule has 0 heterocycles. The van der Waals surface area contributed by atoms with E-state index in [4.69, 9.17) is 4.74 Å². The molecule has 0 spiro atoms. The molecule has 0 amide bonds. The molecule has 5 heteroatoms. The normalized spacial score (nSPS) is 18.0. The highest BCUT2D eigenvalue weighted by Gasteiger charge is 2.35. The van der Waals surface area contributed by atoms with E-state index in [-0.39, 0.29) is 31.8 Å². The third kappa shape index (κ3) is 3.33. The van der Waals surface area contributed by atoms with Crippen LogP contribution in [0.25, 0.3) is 10.8 Å². The molecule has 0 bridgehead atoms. The van der Waals surface area contributed by atoms with E-state index in [0.717, 1.165) is 11.7 Å². The summed E-state index contributed by atoms with van der Waals surface area (Å²) in [6, 6.07) is 8.41. The second kappa shape index (κ2) is 6.22. The third-order valence-electron chi connectivity index (χ3n) is 4.34. The summed E-state index contributed by atoms with van der Waals surface area (Å²) >= 11 is 0. The number of alkyl halides is 3. The van der Waals surface area contributed by atoms with Crippen molar-refractivity contribution in [3.05, 3.63) is 41.5 Å². The monoisotopic (exact) mass is 322 g/mol. The highest BCUT2D eigenvalue weighted by atomic mass is 19.3. The van der Waals surface area contributed by atoms with Gasteiger partial charge in [-0.1, -0.05) is 18.2 Å². The zero-order valence-corrected chi connectivity index (χ0v) is 12.5. The molecule has 0 unspecified atom stereocenters. The molecule has 1 fully saturated rings. The number of aldehydes is 1. The molecule has 2 aromatic rings. The van der Waals surface area contributed by atoms with Crippen LogP contribution in [0, 0.1) is 0 Å². The van der Waals surface area contributed by atoms with Crippen LogP contribution in [-0.4, -0.2) is 18.3 Å². The van der Waals surface area contributed by atoms with Gasteiger partial charge in [0.15, 0.2) is 0 Å². The van der Waals surface area contributed by atoms with Gasteiger partial charge in [-0.05, 0) is 35.7 Å². The summed E-state index contributed by atoms with van der Waals surface area (Å²) in [6.07, 6.45) is 0.562. The predicted octanol–water partition coefficient (Wildman–Crippen LogP) is 5.08. The van der Waals surface area contributed by atoms with Crippen molar-refractivity contribution < 1.29 is 22.7 Å². The summed E-state index contributed by atoms with van der Waals surface area (Å²) in [6.45, 7) is -0.712. The van der Waals surface area contributed by atoms with Crippen LogP contribution in [0.1, 0.15) is 41.6 Å². The minimum Gasteiger partial charge on any atom is -0.490 e. The lowest BCUT2D eigenvalue weighted by Gasteiger charge is -2.29. The van der Waals surface area contributed by atoms with E-state index in [0.29, 0.717) is 22.3 Å². The topological polar surface area (TPSA) is 26.3 Å². The fourth-order valence-corrected chi connectivity index (χ4v) is 3.03. The van der Waals surface area contributed by atoms with E-state index in [1.165, 1.54) is 0 Å². The number of carbonyl (C=O) groups is 1. The summed E-state index contributed by atoms with van der Waals surface area (Å²) in [5.41, 5.74) is 0.919. The number of carbonyl (C=O) groups excluding carboxylic acids is 1. The summed E-state index contributed by atoms with van der Waals surface area (Å²) in [4.78, 5) is 10.8. The van der Waals surface area contributed by atoms with Gasteiger partial charge in [-0.15, -0.1) is 0 Å². The lowest BCUT2D eigenvalue weighted by Crippen LogP contribution is -2.30. The highest BCUT2D eigenvalue weighted by molar-refractivity contribution is 5.92. The number of benzene rings is 2.